The largest absolute Gasteiger partial charge is 0.382 e. The van der Waals surface area contributed by atoms with Crippen molar-refractivity contribution in [2.75, 3.05) is 25.0 Å². The molecule has 0 atom stereocenters. The number of aryl methyl sites for hydroxylation is 1. The van der Waals surface area contributed by atoms with Crippen molar-refractivity contribution < 1.29 is 4.92 Å². The van der Waals surface area contributed by atoms with E-state index in [2.05, 4.69) is 16.3 Å². The normalized spacial score (nSPS) is 16.6. The summed E-state index contributed by atoms with van der Waals surface area (Å²) in [5, 5.41) is 22.9. The lowest BCUT2D eigenvalue weighted by molar-refractivity contribution is -0.385. The first kappa shape index (κ1) is 14.3. The number of piperidine rings is 1. The second-order valence-electron chi connectivity index (χ2n) is 5.11. The molecule has 0 bridgehead atoms. The van der Waals surface area contributed by atoms with Crippen molar-refractivity contribution in [2.45, 2.75) is 25.8 Å². The molecule has 1 aliphatic heterocycles. The highest BCUT2D eigenvalue weighted by Crippen LogP contribution is 2.23. The monoisotopic (exact) mass is 274 g/mol. The summed E-state index contributed by atoms with van der Waals surface area (Å²) in [6.45, 7) is 4.07. The molecule has 0 amide bonds. The Morgan fingerprint density at radius 2 is 2.20 bits per heavy atom. The van der Waals surface area contributed by atoms with Crippen LogP contribution in [0.15, 0.2) is 18.2 Å². The summed E-state index contributed by atoms with van der Waals surface area (Å²) in [5.74, 6) is 0. The van der Waals surface area contributed by atoms with E-state index in [1.54, 1.807) is 19.1 Å². The molecule has 1 aromatic carbocycles. The fourth-order valence-corrected chi connectivity index (χ4v) is 2.52. The van der Waals surface area contributed by atoms with E-state index in [4.69, 9.17) is 5.26 Å². The third-order valence-electron chi connectivity index (χ3n) is 3.65. The van der Waals surface area contributed by atoms with Gasteiger partial charge in [0.15, 0.2) is 0 Å². The van der Waals surface area contributed by atoms with Crippen LogP contribution < -0.4 is 5.32 Å². The smallest absolute Gasteiger partial charge is 0.272 e. The van der Waals surface area contributed by atoms with Crippen molar-refractivity contribution in [3.05, 3.63) is 33.9 Å². The summed E-state index contributed by atoms with van der Waals surface area (Å²) in [5.41, 5.74) is 1.74. The molecule has 1 N–H and O–H groups in total. The van der Waals surface area contributed by atoms with Crippen LogP contribution >= 0.6 is 0 Å². The predicted octanol–water partition coefficient (Wildman–Crippen LogP) is 2.30. The van der Waals surface area contributed by atoms with Crippen LogP contribution in [0.2, 0.25) is 0 Å². The third kappa shape index (κ3) is 3.45. The molecule has 0 unspecified atom stereocenters. The van der Waals surface area contributed by atoms with Crippen LogP contribution in [0.1, 0.15) is 18.4 Å². The zero-order valence-corrected chi connectivity index (χ0v) is 11.5. The fraction of sp³-hybridized carbons (Fsp3) is 0.500. The molecule has 0 radical (unpaired) electrons. The third-order valence-corrected chi connectivity index (χ3v) is 3.65. The molecule has 106 valence electrons. The van der Waals surface area contributed by atoms with Crippen LogP contribution in [-0.2, 0) is 0 Å². The van der Waals surface area contributed by atoms with E-state index in [-0.39, 0.29) is 10.6 Å². The van der Waals surface area contributed by atoms with E-state index in [1.807, 2.05) is 6.07 Å². The van der Waals surface area contributed by atoms with Crippen LogP contribution in [0.3, 0.4) is 0 Å². The number of benzene rings is 1. The molecule has 2 rings (SSSR count). The van der Waals surface area contributed by atoms with Crippen LogP contribution in [0.25, 0.3) is 0 Å². The van der Waals surface area contributed by atoms with E-state index in [9.17, 15) is 10.1 Å². The standard InChI is InChI=1S/C14H18N4O2/c1-11-10-13(2-3-14(11)18(19)20)16-12-4-7-17(8-5-12)9-6-15/h2-3,10,12,16H,4-5,7-9H2,1H3. The Bertz CT molecular complexity index is 530. The lowest BCUT2D eigenvalue weighted by Gasteiger charge is -2.31. The van der Waals surface area contributed by atoms with Gasteiger partial charge in [0.25, 0.3) is 5.69 Å². The van der Waals surface area contributed by atoms with Gasteiger partial charge in [-0.2, -0.15) is 5.26 Å². The highest BCUT2D eigenvalue weighted by molar-refractivity contribution is 5.54. The molecule has 1 saturated heterocycles. The van der Waals surface area contributed by atoms with Crippen LogP contribution in [0.5, 0.6) is 0 Å². The molecule has 20 heavy (non-hydrogen) atoms. The second kappa shape index (κ2) is 6.35. The minimum atomic E-state index is -0.362. The van der Waals surface area contributed by atoms with Gasteiger partial charge >= 0.3 is 0 Å². The molecule has 0 spiro atoms. The summed E-state index contributed by atoms with van der Waals surface area (Å²) in [6.07, 6.45) is 1.97. The van der Waals surface area contributed by atoms with E-state index in [1.165, 1.54) is 0 Å². The zero-order chi connectivity index (χ0) is 14.5. The topological polar surface area (TPSA) is 82.2 Å². The number of nitrogens with zero attached hydrogens (tertiary/aromatic N) is 3. The number of rotatable bonds is 4. The molecule has 1 aromatic rings. The number of hydrogen-bond donors (Lipinski definition) is 1. The average molecular weight is 274 g/mol. The summed E-state index contributed by atoms with van der Waals surface area (Å²) < 4.78 is 0. The summed E-state index contributed by atoms with van der Waals surface area (Å²) in [7, 11) is 0. The van der Waals surface area contributed by atoms with Gasteiger partial charge in [-0.3, -0.25) is 15.0 Å². The van der Waals surface area contributed by atoms with Crippen LogP contribution in [0, 0.1) is 28.4 Å². The molecule has 6 heteroatoms. The van der Waals surface area contributed by atoms with Gasteiger partial charge in [-0.15, -0.1) is 0 Å². The zero-order valence-electron chi connectivity index (χ0n) is 11.5. The Hall–Kier alpha value is -2.13. The molecule has 0 aliphatic carbocycles. The van der Waals surface area contributed by atoms with Crippen molar-refractivity contribution in [2.24, 2.45) is 0 Å². The number of nitro groups is 1. The Kier molecular flexibility index (Phi) is 4.53. The van der Waals surface area contributed by atoms with Crippen LogP contribution in [-0.4, -0.2) is 35.5 Å². The van der Waals surface area contributed by atoms with Gasteiger partial charge in [0.05, 0.1) is 17.5 Å². The van der Waals surface area contributed by atoms with E-state index >= 15 is 0 Å². The van der Waals surface area contributed by atoms with Crippen molar-refractivity contribution in [3.8, 4) is 6.07 Å². The minimum absolute atomic E-state index is 0.152. The summed E-state index contributed by atoms with van der Waals surface area (Å²) >= 11 is 0. The SMILES string of the molecule is Cc1cc(NC2CCN(CC#N)CC2)ccc1[N+](=O)[O-]. The molecular weight excluding hydrogens is 256 g/mol. The number of nitro benzene ring substituents is 1. The van der Waals surface area contributed by atoms with Crippen molar-refractivity contribution in [1.29, 1.82) is 5.26 Å². The molecule has 0 saturated carbocycles. The Morgan fingerprint density at radius 3 is 2.75 bits per heavy atom. The highest BCUT2D eigenvalue weighted by atomic mass is 16.6. The maximum atomic E-state index is 10.8. The van der Waals surface area contributed by atoms with Gasteiger partial charge in [0, 0.05) is 36.4 Å². The average Bonchev–Trinajstić information content (AvgIpc) is 2.41. The number of anilines is 1. The summed E-state index contributed by atoms with van der Waals surface area (Å²) in [4.78, 5) is 12.6. The lowest BCUT2D eigenvalue weighted by Crippen LogP contribution is -2.39. The van der Waals surface area contributed by atoms with Gasteiger partial charge in [-0.25, -0.2) is 0 Å². The molecular formula is C14H18N4O2. The molecule has 1 aliphatic rings. The van der Waals surface area contributed by atoms with E-state index < -0.39 is 0 Å². The van der Waals surface area contributed by atoms with E-state index in [0.29, 0.717) is 18.2 Å². The Balaban J connectivity index is 1.93. The predicted molar refractivity (Wildman–Crippen MR) is 76.5 cm³/mol. The first-order chi connectivity index (χ1) is 9.60. The number of nitrogens with one attached hydrogen (secondary N) is 1. The highest BCUT2D eigenvalue weighted by Gasteiger charge is 2.19. The van der Waals surface area contributed by atoms with Gasteiger partial charge in [-0.1, -0.05) is 0 Å². The number of nitriles is 1. The molecule has 1 fully saturated rings. The number of likely N-dealkylation sites (tertiary alicyclic amines) is 1. The van der Waals surface area contributed by atoms with Crippen molar-refractivity contribution in [3.63, 3.8) is 0 Å². The first-order valence-corrected chi connectivity index (χ1v) is 6.71. The number of hydrogen-bond acceptors (Lipinski definition) is 5. The molecule has 6 nitrogen and oxygen atoms in total. The quantitative estimate of drug-likeness (QED) is 0.517. The van der Waals surface area contributed by atoms with E-state index in [0.717, 1.165) is 31.6 Å². The minimum Gasteiger partial charge on any atom is -0.382 e. The maximum Gasteiger partial charge on any atom is 0.272 e. The van der Waals surface area contributed by atoms with Gasteiger partial charge in [-0.05, 0) is 31.9 Å². The molecule has 0 aromatic heterocycles. The van der Waals surface area contributed by atoms with Gasteiger partial charge < -0.3 is 5.32 Å². The maximum absolute atomic E-state index is 10.8. The van der Waals surface area contributed by atoms with Crippen molar-refractivity contribution >= 4 is 11.4 Å². The molecule has 1 heterocycles. The van der Waals surface area contributed by atoms with Crippen molar-refractivity contribution in [1.82, 2.24) is 4.90 Å². The van der Waals surface area contributed by atoms with Crippen LogP contribution in [0.4, 0.5) is 11.4 Å². The Morgan fingerprint density at radius 1 is 1.50 bits per heavy atom. The second-order valence-corrected chi connectivity index (χ2v) is 5.11. The summed E-state index contributed by atoms with van der Waals surface area (Å²) in [6, 6.07) is 7.65. The van der Waals surface area contributed by atoms with Gasteiger partial charge in [0.2, 0.25) is 0 Å². The first-order valence-electron chi connectivity index (χ1n) is 6.71. The Labute approximate surface area is 118 Å². The van der Waals surface area contributed by atoms with Gasteiger partial charge in [0.1, 0.15) is 0 Å². The lowest BCUT2D eigenvalue weighted by atomic mass is 10.0. The fourth-order valence-electron chi connectivity index (χ4n) is 2.52.